The molecule has 0 aliphatic heterocycles. The van der Waals surface area contributed by atoms with Crippen LogP contribution in [0.25, 0.3) is 11.1 Å². The fraction of sp³-hybridized carbons (Fsp3) is 0.214. The molecule has 1 aromatic carbocycles. The van der Waals surface area contributed by atoms with Crippen molar-refractivity contribution in [2.45, 2.75) is 12.5 Å². The molecule has 0 aliphatic rings. The summed E-state index contributed by atoms with van der Waals surface area (Å²) in [5.74, 6) is -1.13. The highest BCUT2D eigenvalue weighted by Crippen LogP contribution is 2.41. The molecular formula is C14H9F6NO2. The van der Waals surface area contributed by atoms with E-state index in [4.69, 9.17) is 4.74 Å². The molecule has 0 atom stereocenters. The lowest BCUT2D eigenvalue weighted by Gasteiger charge is -2.15. The number of alkyl halides is 6. The van der Waals surface area contributed by atoms with Crippen molar-refractivity contribution in [1.29, 1.82) is 0 Å². The Morgan fingerprint density at radius 3 is 2.26 bits per heavy atom. The second-order valence-corrected chi connectivity index (χ2v) is 4.31. The molecule has 0 amide bonds. The minimum atomic E-state index is -4.90. The van der Waals surface area contributed by atoms with Crippen molar-refractivity contribution in [3.63, 3.8) is 0 Å². The van der Waals surface area contributed by atoms with Crippen LogP contribution in [0.5, 0.6) is 11.5 Å². The third-order valence-corrected chi connectivity index (χ3v) is 2.76. The highest BCUT2D eigenvalue weighted by molar-refractivity contribution is 5.72. The van der Waals surface area contributed by atoms with Crippen LogP contribution in [-0.4, -0.2) is 18.5 Å². The Kier molecular flexibility index (Phi) is 4.39. The van der Waals surface area contributed by atoms with Gasteiger partial charge in [-0.3, -0.25) is 0 Å². The van der Waals surface area contributed by atoms with E-state index in [-0.39, 0.29) is 11.1 Å². The van der Waals surface area contributed by atoms with Crippen LogP contribution >= 0.6 is 0 Å². The van der Waals surface area contributed by atoms with Gasteiger partial charge in [0.2, 0.25) is 0 Å². The smallest absolute Gasteiger partial charge is 0.494 e. The van der Waals surface area contributed by atoms with Crippen LogP contribution < -0.4 is 9.47 Å². The SMILES string of the molecule is COc1c(-c2cccc(OC(F)(F)F)c2)ccnc1C(F)(F)F. The lowest BCUT2D eigenvalue weighted by molar-refractivity contribution is -0.274. The van der Waals surface area contributed by atoms with Gasteiger partial charge in [-0.25, -0.2) is 4.98 Å². The maximum atomic E-state index is 12.9. The Labute approximate surface area is 126 Å². The Morgan fingerprint density at radius 2 is 1.70 bits per heavy atom. The number of aromatic nitrogens is 1. The normalized spacial score (nSPS) is 12.1. The molecule has 23 heavy (non-hydrogen) atoms. The highest BCUT2D eigenvalue weighted by Gasteiger charge is 2.37. The first-order chi connectivity index (χ1) is 10.6. The van der Waals surface area contributed by atoms with Gasteiger partial charge in [0.05, 0.1) is 7.11 Å². The first-order valence-corrected chi connectivity index (χ1v) is 6.08. The number of ether oxygens (including phenoxy) is 2. The van der Waals surface area contributed by atoms with Crippen molar-refractivity contribution < 1.29 is 35.8 Å². The average Bonchev–Trinajstić information content (AvgIpc) is 2.44. The molecule has 0 saturated carbocycles. The van der Waals surface area contributed by atoms with E-state index in [9.17, 15) is 26.3 Å². The van der Waals surface area contributed by atoms with Crippen LogP contribution in [0, 0.1) is 0 Å². The number of halogens is 6. The fourth-order valence-electron chi connectivity index (χ4n) is 1.94. The third-order valence-electron chi connectivity index (χ3n) is 2.76. The number of rotatable bonds is 3. The topological polar surface area (TPSA) is 31.4 Å². The summed E-state index contributed by atoms with van der Waals surface area (Å²) < 4.78 is 84.0. The van der Waals surface area contributed by atoms with Gasteiger partial charge in [0.15, 0.2) is 11.4 Å². The van der Waals surface area contributed by atoms with Gasteiger partial charge >= 0.3 is 12.5 Å². The van der Waals surface area contributed by atoms with Crippen molar-refractivity contribution in [2.75, 3.05) is 7.11 Å². The summed E-state index contributed by atoms with van der Waals surface area (Å²) in [6, 6.07) is 5.77. The number of pyridine rings is 1. The maximum absolute atomic E-state index is 12.9. The average molecular weight is 337 g/mol. The number of hydrogen-bond acceptors (Lipinski definition) is 3. The quantitative estimate of drug-likeness (QED) is 0.763. The van der Waals surface area contributed by atoms with E-state index in [1.165, 1.54) is 18.2 Å². The van der Waals surface area contributed by atoms with E-state index in [2.05, 4.69) is 9.72 Å². The second-order valence-electron chi connectivity index (χ2n) is 4.31. The molecule has 1 aromatic heterocycles. The van der Waals surface area contributed by atoms with Crippen molar-refractivity contribution >= 4 is 0 Å². The Bertz CT molecular complexity index is 696. The molecule has 0 radical (unpaired) electrons. The molecule has 1 heterocycles. The molecule has 3 nitrogen and oxygen atoms in total. The van der Waals surface area contributed by atoms with Gasteiger partial charge < -0.3 is 9.47 Å². The molecule has 124 valence electrons. The minimum Gasteiger partial charge on any atom is -0.494 e. The van der Waals surface area contributed by atoms with E-state index in [0.29, 0.717) is 0 Å². The van der Waals surface area contributed by atoms with Crippen molar-refractivity contribution in [2.24, 2.45) is 0 Å². The van der Waals surface area contributed by atoms with Gasteiger partial charge in [-0.05, 0) is 23.8 Å². The zero-order valence-electron chi connectivity index (χ0n) is 11.5. The number of nitrogens with zero attached hydrogens (tertiary/aromatic N) is 1. The van der Waals surface area contributed by atoms with Crippen LogP contribution in [0.15, 0.2) is 36.5 Å². The van der Waals surface area contributed by atoms with Gasteiger partial charge in [-0.1, -0.05) is 12.1 Å². The Hall–Kier alpha value is -2.45. The number of benzene rings is 1. The molecule has 0 N–H and O–H groups in total. The van der Waals surface area contributed by atoms with Crippen LogP contribution in [0.2, 0.25) is 0 Å². The van der Waals surface area contributed by atoms with E-state index in [0.717, 1.165) is 25.4 Å². The summed E-state index contributed by atoms with van der Waals surface area (Å²) in [6.45, 7) is 0. The van der Waals surface area contributed by atoms with Crippen molar-refractivity contribution in [3.05, 3.63) is 42.2 Å². The second kappa shape index (κ2) is 5.98. The first kappa shape index (κ1) is 16.9. The first-order valence-electron chi connectivity index (χ1n) is 6.08. The summed E-state index contributed by atoms with van der Waals surface area (Å²) in [5, 5.41) is 0. The fourth-order valence-corrected chi connectivity index (χ4v) is 1.94. The van der Waals surface area contributed by atoms with Crippen molar-refractivity contribution in [3.8, 4) is 22.6 Å². The molecule has 0 aliphatic carbocycles. The molecule has 9 heteroatoms. The van der Waals surface area contributed by atoms with E-state index >= 15 is 0 Å². The predicted molar refractivity (Wildman–Crippen MR) is 67.9 cm³/mol. The Morgan fingerprint density at radius 1 is 1.00 bits per heavy atom. The predicted octanol–water partition coefficient (Wildman–Crippen LogP) is 4.67. The summed E-state index contributed by atoms with van der Waals surface area (Å²) >= 11 is 0. The summed E-state index contributed by atoms with van der Waals surface area (Å²) in [5.41, 5.74) is -1.25. The lowest BCUT2D eigenvalue weighted by Crippen LogP contribution is -2.17. The van der Waals surface area contributed by atoms with Crippen LogP contribution in [0.1, 0.15) is 5.69 Å². The molecule has 0 saturated heterocycles. The largest absolute Gasteiger partial charge is 0.573 e. The molecule has 0 fully saturated rings. The molecule has 0 unspecified atom stereocenters. The maximum Gasteiger partial charge on any atom is 0.573 e. The molecule has 0 bridgehead atoms. The summed E-state index contributed by atoms with van der Waals surface area (Å²) in [6.07, 6.45) is -8.77. The molecule has 0 spiro atoms. The van der Waals surface area contributed by atoms with Crippen LogP contribution in [0.3, 0.4) is 0 Å². The van der Waals surface area contributed by atoms with E-state index < -0.39 is 29.7 Å². The van der Waals surface area contributed by atoms with Gasteiger partial charge in [0.25, 0.3) is 0 Å². The zero-order chi connectivity index (χ0) is 17.3. The lowest BCUT2D eigenvalue weighted by atomic mass is 10.0. The molecule has 2 aromatic rings. The monoisotopic (exact) mass is 337 g/mol. The molecule has 2 rings (SSSR count). The number of methoxy groups -OCH3 is 1. The zero-order valence-corrected chi connectivity index (χ0v) is 11.5. The Balaban J connectivity index is 2.53. The van der Waals surface area contributed by atoms with Crippen molar-refractivity contribution in [1.82, 2.24) is 4.98 Å². The minimum absolute atomic E-state index is 0.0533. The highest BCUT2D eigenvalue weighted by atomic mass is 19.4. The van der Waals surface area contributed by atoms with Crippen LogP contribution in [0.4, 0.5) is 26.3 Å². The van der Waals surface area contributed by atoms with E-state index in [1.54, 1.807) is 0 Å². The van der Waals surface area contributed by atoms with Gasteiger partial charge in [-0.2, -0.15) is 13.2 Å². The number of hydrogen-bond donors (Lipinski definition) is 0. The standard InChI is InChI=1S/C14H9F6NO2/c1-22-11-10(5-6-21-12(11)13(15,16)17)8-3-2-4-9(7-8)23-14(18,19)20/h2-7H,1H3. The van der Waals surface area contributed by atoms with Gasteiger partial charge in [0.1, 0.15) is 5.75 Å². The van der Waals surface area contributed by atoms with E-state index in [1.807, 2.05) is 0 Å². The van der Waals surface area contributed by atoms with Gasteiger partial charge in [0, 0.05) is 11.8 Å². The van der Waals surface area contributed by atoms with Crippen LogP contribution in [-0.2, 0) is 6.18 Å². The summed E-state index contributed by atoms with van der Waals surface area (Å²) in [7, 11) is 1.02. The third kappa shape index (κ3) is 4.05. The molecular weight excluding hydrogens is 328 g/mol. The van der Waals surface area contributed by atoms with Gasteiger partial charge in [-0.15, -0.1) is 13.2 Å². The summed E-state index contributed by atoms with van der Waals surface area (Å²) in [4.78, 5) is 3.23.